The van der Waals surface area contributed by atoms with Gasteiger partial charge in [0, 0.05) is 71.2 Å². The normalized spacial score (nSPS) is 21.5. The van der Waals surface area contributed by atoms with Gasteiger partial charge in [-0.25, -0.2) is 15.0 Å². The first-order valence-electron chi connectivity index (χ1n) is 12.3. The van der Waals surface area contributed by atoms with Gasteiger partial charge in [0.05, 0.1) is 0 Å². The lowest BCUT2D eigenvalue weighted by molar-refractivity contribution is -0.125. The van der Waals surface area contributed by atoms with Crippen LogP contribution in [0.1, 0.15) is 37.9 Å². The van der Waals surface area contributed by atoms with Gasteiger partial charge in [-0.15, -0.1) is 0 Å². The molecule has 2 fully saturated rings. The summed E-state index contributed by atoms with van der Waals surface area (Å²) in [5, 5.41) is 3.18. The van der Waals surface area contributed by atoms with E-state index in [0.717, 1.165) is 101 Å². The van der Waals surface area contributed by atoms with Crippen molar-refractivity contribution in [3.8, 4) is 0 Å². The van der Waals surface area contributed by atoms with E-state index in [9.17, 15) is 4.79 Å². The van der Waals surface area contributed by atoms with E-state index >= 15 is 0 Å². The molecule has 0 atom stereocenters. The van der Waals surface area contributed by atoms with Crippen molar-refractivity contribution in [3.63, 3.8) is 0 Å². The van der Waals surface area contributed by atoms with Crippen LogP contribution in [-0.4, -0.2) is 94.6 Å². The molecule has 2 saturated heterocycles. The van der Waals surface area contributed by atoms with Crippen LogP contribution in [0, 0.1) is 5.92 Å². The Morgan fingerprint density at radius 1 is 1.03 bits per heavy atom. The SMILES string of the molecule is CN1CCN(CCNC(=O)C2CCN(c3ncnc4c3nc3n4CCCCC3)CC2)CC1. The van der Waals surface area contributed by atoms with Gasteiger partial charge in [0.15, 0.2) is 17.0 Å². The van der Waals surface area contributed by atoms with Gasteiger partial charge in [0.2, 0.25) is 5.91 Å². The number of hydrogen-bond donors (Lipinski definition) is 1. The number of fused-ring (bicyclic) bond motifs is 3. The van der Waals surface area contributed by atoms with Gasteiger partial charge in [-0.3, -0.25) is 9.69 Å². The van der Waals surface area contributed by atoms with E-state index in [1.807, 2.05) is 0 Å². The first-order chi connectivity index (χ1) is 15.7. The molecule has 0 aromatic carbocycles. The third kappa shape index (κ3) is 4.59. The van der Waals surface area contributed by atoms with Crippen LogP contribution in [0.15, 0.2) is 6.33 Å². The maximum atomic E-state index is 12.7. The summed E-state index contributed by atoms with van der Waals surface area (Å²) in [6, 6.07) is 0. The third-order valence-electron chi connectivity index (χ3n) is 7.36. The summed E-state index contributed by atoms with van der Waals surface area (Å²) in [6.45, 7) is 8.78. The summed E-state index contributed by atoms with van der Waals surface area (Å²) in [7, 11) is 2.17. The summed E-state index contributed by atoms with van der Waals surface area (Å²) in [6.07, 6.45) is 8.06. The number of aromatic nitrogens is 4. The van der Waals surface area contributed by atoms with E-state index in [0.29, 0.717) is 0 Å². The molecule has 9 nitrogen and oxygen atoms in total. The van der Waals surface area contributed by atoms with E-state index in [-0.39, 0.29) is 11.8 Å². The number of aryl methyl sites for hydroxylation is 2. The molecular formula is C23H36N8O. The summed E-state index contributed by atoms with van der Waals surface area (Å²) in [5.74, 6) is 2.38. The number of anilines is 1. The van der Waals surface area contributed by atoms with Gasteiger partial charge < -0.3 is 19.7 Å². The minimum absolute atomic E-state index is 0.0924. The van der Waals surface area contributed by atoms with E-state index in [1.54, 1.807) is 6.33 Å². The number of carbonyl (C=O) groups excluding carboxylic acids is 1. The topological polar surface area (TPSA) is 82.4 Å². The lowest BCUT2D eigenvalue weighted by Gasteiger charge is -2.33. The minimum atomic E-state index is 0.0924. The predicted octanol–water partition coefficient (Wildman–Crippen LogP) is 1.13. The van der Waals surface area contributed by atoms with E-state index < -0.39 is 0 Å². The van der Waals surface area contributed by atoms with Crippen LogP contribution in [0.5, 0.6) is 0 Å². The van der Waals surface area contributed by atoms with Crippen molar-refractivity contribution in [3.05, 3.63) is 12.2 Å². The second kappa shape index (κ2) is 9.70. The highest BCUT2D eigenvalue weighted by Gasteiger charge is 2.28. The molecule has 5 rings (SSSR count). The summed E-state index contributed by atoms with van der Waals surface area (Å²) in [5.41, 5.74) is 1.90. The molecule has 0 spiro atoms. The number of piperazine rings is 1. The lowest BCUT2D eigenvalue weighted by Crippen LogP contribution is -2.48. The Balaban J connectivity index is 1.15. The van der Waals surface area contributed by atoms with E-state index in [4.69, 9.17) is 4.98 Å². The Labute approximate surface area is 190 Å². The van der Waals surface area contributed by atoms with Crippen LogP contribution in [0.3, 0.4) is 0 Å². The number of nitrogens with one attached hydrogen (secondary N) is 1. The quantitative estimate of drug-likeness (QED) is 0.746. The number of imidazole rings is 1. The Morgan fingerprint density at radius 3 is 2.66 bits per heavy atom. The van der Waals surface area contributed by atoms with Gasteiger partial charge in [0.25, 0.3) is 0 Å². The number of amides is 1. The molecule has 9 heteroatoms. The maximum Gasteiger partial charge on any atom is 0.223 e. The molecule has 1 N–H and O–H groups in total. The van der Waals surface area contributed by atoms with Crippen molar-refractivity contribution in [2.75, 3.05) is 64.3 Å². The zero-order valence-corrected chi connectivity index (χ0v) is 19.3. The Hall–Kier alpha value is -2.26. The average molecular weight is 441 g/mol. The molecule has 174 valence electrons. The highest BCUT2D eigenvalue weighted by atomic mass is 16.1. The third-order valence-corrected chi connectivity index (χ3v) is 7.36. The van der Waals surface area contributed by atoms with Crippen molar-refractivity contribution < 1.29 is 4.79 Å². The molecule has 0 radical (unpaired) electrons. The fraction of sp³-hybridized carbons (Fsp3) is 0.739. The number of likely N-dealkylation sites (N-methyl/N-ethyl adjacent to an activating group) is 1. The standard InChI is InChI=1S/C23H36N8O/c1-28-13-15-29(16-14-28)12-8-24-23(32)18-6-10-30(11-7-18)21-20-22(26-17-25-21)31-9-4-2-3-5-19(31)27-20/h17-18H,2-16H2,1H3,(H,24,32). The van der Waals surface area contributed by atoms with Crippen LogP contribution >= 0.6 is 0 Å². The van der Waals surface area contributed by atoms with Crippen molar-refractivity contribution in [1.82, 2.24) is 34.6 Å². The van der Waals surface area contributed by atoms with Crippen LogP contribution in [0.4, 0.5) is 5.82 Å². The number of piperidine rings is 1. The van der Waals surface area contributed by atoms with Crippen LogP contribution in [-0.2, 0) is 17.8 Å². The summed E-state index contributed by atoms with van der Waals surface area (Å²) >= 11 is 0. The molecular weight excluding hydrogens is 404 g/mol. The lowest BCUT2D eigenvalue weighted by atomic mass is 9.96. The second-order valence-corrected chi connectivity index (χ2v) is 9.56. The van der Waals surface area contributed by atoms with Crippen LogP contribution in [0.2, 0.25) is 0 Å². The number of carbonyl (C=O) groups is 1. The molecule has 1 amide bonds. The van der Waals surface area contributed by atoms with Crippen LogP contribution in [0.25, 0.3) is 11.2 Å². The van der Waals surface area contributed by atoms with Gasteiger partial charge in [-0.2, -0.15) is 0 Å². The first-order valence-corrected chi connectivity index (χ1v) is 12.3. The molecule has 0 saturated carbocycles. The Morgan fingerprint density at radius 2 is 1.84 bits per heavy atom. The van der Waals surface area contributed by atoms with Crippen molar-refractivity contribution in [2.24, 2.45) is 5.92 Å². The maximum absolute atomic E-state index is 12.7. The Kier molecular flexibility index (Phi) is 6.54. The second-order valence-electron chi connectivity index (χ2n) is 9.56. The number of hydrogen-bond acceptors (Lipinski definition) is 7. The van der Waals surface area contributed by atoms with Crippen molar-refractivity contribution in [1.29, 1.82) is 0 Å². The van der Waals surface area contributed by atoms with Gasteiger partial charge in [-0.05, 0) is 32.7 Å². The zero-order chi connectivity index (χ0) is 21.9. The molecule has 3 aliphatic rings. The fourth-order valence-electron chi connectivity index (χ4n) is 5.26. The van der Waals surface area contributed by atoms with Crippen LogP contribution < -0.4 is 10.2 Å². The molecule has 32 heavy (non-hydrogen) atoms. The Bertz CT molecular complexity index is 927. The number of nitrogens with zero attached hydrogens (tertiary/aromatic N) is 7. The molecule has 0 unspecified atom stereocenters. The molecule has 2 aromatic rings. The molecule has 5 heterocycles. The molecule has 0 aliphatic carbocycles. The predicted molar refractivity (Wildman–Crippen MR) is 125 cm³/mol. The summed E-state index contributed by atoms with van der Waals surface area (Å²) in [4.78, 5) is 33.9. The van der Waals surface area contributed by atoms with E-state index in [1.165, 1.54) is 19.3 Å². The van der Waals surface area contributed by atoms with Gasteiger partial charge in [-0.1, -0.05) is 6.42 Å². The van der Waals surface area contributed by atoms with E-state index in [2.05, 4.69) is 41.6 Å². The van der Waals surface area contributed by atoms with Crippen molar-refractivity contribution in [2.45, 2.75) is 45.1 Å². The highest BCUT2D eigenvalue weighted by Crippen LogP contribution is 2.29. The minimum Gasteiger partial charge on any atom is -0.355 e. The fourth-order valence-corrected chi connectivity index (χ4v) is 5.26. The first kappa shape index (κ1) is 21.6. The summed E-state index contributed by atoms with van der Waals surface area (Å²) < 4.78 is 2.29. The molecule has 3 aliphatic heterocycles. The highest BCUT2D eigenvalue weighted by molar-refractivity contribution is 5.84. The molecule has 2 aromatic heterocycles. The zero-order valence-electron chi connectivity index (χ0n) is 19.3. The smallest absolute Gasteiger partial charge is 0.223 e. The van der Waals surface area contributed by atoms with Gasteiger partial charge in [0.1, 0.15) is 12.2 Å². The molecule has 0 bridgehead atoms. The number of rotatable bonds is 5. The monoisotopic (exact) mass is 440 g/mol. The van der Waals surface area contributed by atoms with Gasteiger partial charge >= 0.3 is 0 Å². The average Bonchev–Trinajstić information content (AvgIpc) is 3.01. The van der Waals surface area contributed by atoms with Crippen molar-refractivity contribution >= 4 is 22.9 Å². The largest absolute Gasteiger partial charge is 0.355 e.